The number of carbonyl (C=O) groups excluding carboxylic acids is 3. The van der Waals surface area contributed by atoms with Gasteiger partial charge in [0.25, 0.3) is 0 Å². The van der Waals surface area contributed by atoms with E-state index in [-0.39, 0.29) is 36.9 Å². The number of amides is 4. The standard InChI is InChI=1S/C31H37N5O3/c1-3-18-34(31(39)32-19-24-13-6-4-7-14-24)35-22-28(37)36-27(35)21-33(20-26-17-11-10-12-23(26)2)30(38)29(36)25-15-8-5-9-16-25/h3-4,6-8,10-15,17,25,27,29H,1,5,9,16,18-22H2,2H3,(H,32,39)/t25?,27?,29-/m0/s1. The van der Waals surface area contributed by atoms with Crippen LogP contribution in [0.5, 0.6) is 0 Å². The lowest BCUT2D eigenvalue weighted by molar-refractivity contribution is -0.160. The van der Waals surface area contributed by atoms with E-state index in [2.05, 4.69) is 24.0 Å². The van der Waals surface area contributed by atoms with Crippen molar-refractivity contribution in [2.75, 3.05) is 19.6 Å². The summed E-state index contributed by atoms with van der Waals surface area (Å²) in [4.78, 5) is 44.6. The highest BCUT2D eigenvalue weighted by atomic mass is 16.2. The largest absolute Gasteiger partial charge is 0.333 e. The molecule has 8 nitrogen and oxygen atoms in total. The lowest BCUT2D eigenvalue weighted by Gasteiger charge is -2.48. The van der Waals surface area contributed by atoms with E-state index in [4.69, 9.17) is 0 Å². The predicted octanol–water partition coefficient (Wildman–Crippen LogP) is 3.85. The second-order valence-corrected chi connectivity index (χ2v) is 10.5. The molecule has 1 N–H and O–H groups in total. The summed E-state index contributed by atoms with van der Waals surface area (Å²) in [7, 11) is 0. The van der Waals surface area contributed by atoms with Crippen LogP contribution in [0.1, 0.15) is 36.0 Å². The van der Waals surface area contributed by atoms with E-state index < -0.39 is 12.2 Å². The van der Waals surface area contributed by atoms with Crippen molar-refractivity contribution in [3.63, 3.8) is 0 Å². The minimum atomic E-state index is -0.584. The zero-order valence-electron chi connectivity index (χ0n) is 22.5. The highest BCUT2D eigenvalue weighted by molar-refractivity contribution is 5.92. The number of nitrogens with zero attached hydrogens (tertiary/aromatic N) is 4. The summed E-state index contributed by atoms with van der Waals surface area (Å²) in [6.45, 7) is 7.35. The first-order valence-corrected chi connectivity index (χ1v) is 13.8. The molecule has 0 bridgehead atoms. The van der Waals surface area contributed by atoms with Gasteiger partial charge >= 0.3 is 6.03 Å². The monoisotopic (exact) mass is 527 g/mol. The highest BCUT2D eigenvalue weighted by Gasteiger charge is 2.53. The van der Waals surface area contributed by atoms with Crippen molar-refractivity contribution in [2.45, 2.75) is 51.5 Å². The fraction of sp³-hybridized carbons (Fsp3) is 0.387. The number of rotatable bonds is 8. The van der Waals surface area contributed by atoms with Crippen molar-refractivity contribution in [3.8, 4) is 0 Å². The molecule has 2 aromatic rings. The van der Waals surface area contributed by atoms with Gasteiger partial charge in [0.2, 0.25) is 11.8 Å². The topological polar surface area (TPSA) is 76.2 Å². The fourth-order valence-corrected chi connectivity index (χ4v) is 5.92. The van der Waals surface area contributed by atoms with Gasteiger partial charge in [-0.05, 0) is 42.9 Å². The molecular weight excluding hydrogens is 490 g/mol. The number of hydrogen-bond acceptors (Lipinski definition) is 4. The van der Waals surface area contributed by atoms with Crippen LogP contribution >= 0.6 is 0 Å². The van der Waals surface area contributed by atoms with Crippen molar-refractivity contribution in [2.24, 2.45) is 5.92 Å². The molecule has 0 radical (unpaired) electrons. The molecule has 39 heavy (non-hydrogen) atoms. The molecule has 2 aromatic carbocycles. The summed E-state index contributed by atoms with van der Waals surface area (Å²) >= 11 is 0. The Kier molecular flexibility index (Phi) is 8.12. The Morgan fingerprint density at radius 1 is 1.13 bits per heavy atom. The molecule has 2 fully saturated rings. The second kappa shape index (κ2) is 11.9. The van der Waals surface area contributed by atoms with Crippen molar-refractivity contribution < 1.29 is 14.4 Å². The molecule has 8 heteroatoms. The number of piperazine rings is 1. The summed E-state index contributed by atoms with van der Waals surface area (Å²) in [5.74, 6) is -0.195. The van der Waals surface area contributed by atoms with Gasteiger partial charge in [-0.3, -0.25) is 14.6 Å². The maximum absolute atomic E-state index is 14.0. The minimum Gasteiger partial charge on any atom is -0.333 e. The van der Waals surface area contributed by atoms with E-state index in [9.17, 15) is 14.4 Å². The molecule has 0 spiro atoms. The second-order valence-electron chi connectivity index (χ2n) is 10.5. The lowest BCUT2D eigenvalue weighted by atomic mass is 9.86. The van der Waals surface area contributed by atoms with E-state index in [0.29, 0.717) is 19.6 Å². The quantitative estimate of drug-likeness (QED) is 0.530. The van der Waals surface area contributed by atoms with Crippen LogP contribution in [-0.2, 0) is 22.7 Å². The summed E-state index contributed by atoms with van der Waals surface area (Å²) in [6.07, 6.45) is 8.28. The summed E-state index contributed by atoms with van der Waals surface area (Å²) in [5.41, 5.74) is 3.19. The molecule has 0 saturated carbocycles. The number of nitrogens with one attached hydrogen (secondary N) is 1. The average Bonchev–Trinajstić information content (AvgIpc) is 3.28. The summed E-state index contributed by atoms with van der Waals surface area (Å²) in [5, 5.41) is 6.37. The van der Waals surface area contributed by atoms with Gasteiger partial charge in [0.05, 0.1) is 19.6 Å². The molecule has 0 aromatic heterocycles. The van der Waals surface area contributed by atoms with Crippen molar-refractivity contribution in [1.29, 1.82) is 0 Å². The van der Waals surface area contributed by atoms with E-state index in [1.807, 2.05) is 71.4 Å². The summed E-state index contributed by atoms with van der Waals surface area (Å²) in [6, 6.07) is 16.9. The van der Waals surface area contributed by atoms with E-state index in [1.165, 1.54) is 0 Å². The van der Waals surface area contributed by atoms with Gasteiger partial charge in [0, 0.05) is 19.0 Å². The molecule has 5 rings (SSSR count). The first-order valence-electron chi connectivity index (χ1n) is 13.8. The van der Waals surface area contributed by atoms with Crippen molar-refractivity contribution in [3.05, 3.63) is 96.1 Å². The fourth-order valence-electron chi connectivity index (χ4n) is 5.92. The average molecular weight is 528 g/mol. The molecule has 204 valence electrons. The Labute approximate surface area is 230 Å². The van der Waals surface area contributed by atoms with Gasteiger partial charge in [-0.2, -0.15) is 5.01 Å². The molecule has 2 aliphatic heterocycles. The molecule has 2 saturated heterocycles. The van der Waals surface area contributed by atoms with Crippen LogP contribution in [-0.4, -0.2) is 69.5 Å². The van der Waals surface area contributed by atoms with Gasteiger partial charge in [0.1, 0.15) is 12.2 Å². The third-order valence-corrected chi connectivity index (χ3v) is 7.95. The first kappa shape index (κ1) is 26.7. The predicted molar refractivity (Wildman–Crippen MR) is 150 cm³/mol. The molecular formula is C31H37N5O3. The third-order valence-electron chi connectivity index (χ3n) is 7.95. The number of benzene rings is 2. The minimum absolute atomic E-state index is 0.0231. The zero-order chi connectivity index (χ0) is 27.4. The number of allylic oxidation sites excluding steroid dienone is 1. The van der Waals surface area contributed by atoms with Crippen LogP contribution in [0.2, 0.25) is 0 Å². The normalized spacial score (nSPS) is 23.1. The highest BCUT2D eigenvalue weighted by Crippen LogP contribution is 2.35. The van der Waals surface area contributed by atoms with Crippen molar-refractivity contribution in [1.82, 2.24) is 25.1 Å². The number of urea groups is 1. The first-order chi connectivity index (χ1) is 19.0. The smallest absolute Gasteiger partial charge is 0.332 e. The van der Waals surface area contributed by atoms with Crippen LogP contribution in [0.4, 0.5) is 4.79 Å². The molecule has 1 aliphatic carbocycles. The number of hydrogen-bond donors (Lipinski definition) is 1. The molecule has 3 aliphatic rings. The van der Waals surface area contributed by atoms with Gasteiger partial charge < -0.3 is 15.1 Å². The summed E-state index contributed by atoms with van der Waals surface area (Å²) < 4.78 is 0. The number of fused-ring (bicyclic) bond motifs is 1. The Hall–Kier alpha value is -3.91. The zero-order valence-corrected chi connectivity index (χ0v) is 22.5. The van der Waals surface area contributed by atoms with Crippen LogP contribution in [0, 0.1) is 12.8 Å². The Bertz CT molecular complexity index is 1250. The Morgan fingerprint density at radius 3 is 2.62 bits per heavy atom. The third kappa shape index (κ3) is 5.61. The van der Waals surface area contributed by atoms with E-state index >= 15 is 0 Å². The number of aryl methyl sites for hydroxylation is 1. The maximum atomic E-state index is 14.0. The number of carbonyl (C=O) groups is 3. The Morgan fingerprint density at radius 2 is 1.90 bits per heavy atom. The van der Waals surface area contributed by atoms with Gasteiger partial charge in [-0.15, -0.1) is 6.58 Å². The molecule has 3 atom stereocenters. The van der Waals surface area contributed by atoms with Crippen LogP contribution < -0.4 is 5.32 Å². The van der Waals surface area contributed by atoms with Crippen LogP contribution in [0.15, 0.2) is 79.4 Å². The van der Waals surface area contributed by atoms with E-state index in [0.717, 1.165) is 36.0 Å². The Balaban J connectivity index is 1.44. The SMILES string of the molecule is C=CCN(C(=O)NCc1ccccc1)N1CC(=O)N2C1CN(Cc1ccccc1C)C(=O)[C@@H]2C1C=CCCC1. The van der Waals surface area contributed by atoms with Gasteiger partial charge in [-0.25, -0.2) is 4.79 Å². The van der Waals surface area contributed by atoms with Crippen LogP contribution in [0.3, 0.4) is 0 Å². The van der Waals surface area contributed by atoms with E-state index in [1.54, 1.807) is 16.0 Å². The number of hydrazine groups is 1. The lowest BCUT2D eigenvalue weighted by Crippen LogP contribution is -2.67. The molecule has 2 unspecified atom stereocenters. The molecule has 4 amide bonds. The maximum Gasteiger partial charge on any atom is 0.332 e. The van der Waals surface area contributed by atoms with Gasteiger partial charge in [-0.1, -0.05) is 72.8 Å². The molecule has 2 heterocycles. The van der Waals surface area contributed by atoms with Crippen molar-refractivity contribution >= 4 is 17.8 Å². The van der Waals surface area contributed by atoms with Crippen LogP contribution in [0.25, 0.3) is 0 Å². The van der Waals surface area contributed by atoms with Gasteiger partial charge in [0.15, 0.2) is 0 Å².